The number of carbonyl (C=O) groups is 1. The summed E-state index contributed by atoms with van der Waals surface area (Å²) in [6.45, 7) is 8.20. The lowest BCUT2D eigenvalue weighted by atomic mass is 10.1. The van der Waals surface area contributed by atoms with Gasteiger partial charge in [-0.25, -0.2) is 4.98 Å². The summed E-state index contributed by atoms with van der Waals surface area (Å²) in [5.74, 6) is 1.71. The fraction of sp³-hybridized carbons (Fsp3) is 0.360. The Morgan fingerprint density at radius 1 is 1.23 bits per heavy atom. The summed E-state index contributed by atoms with van der Waals surface area (Å²) in [5, 5.41) is 22.4. The molecule has 0 atom stereocenters. The van der Waals surface area contributed by atoms with Crippen LogP contribution in [0.5, 0.6) is 0 Å². The van der Waals surface area contributed by atoms with Crippen LogP contribution in [0.1, 0.15) is 37.8 Å². The van der Waals surface area contributed by atoms with E-state index in [1.807, 2.05) is 24.3 Å². The molecule has 1 amide bonds. The van der Waals surface area contributed by atoms with Gasteiger partial charge < -0.3 is 25.7 Å². The van der Waals surface area contributed by atoms with Gasteiger partial charge in [-0.15, -0.1) is 5.10 Å². The zero-order valence-corrected chi connectivity index (χ0v) is 20.2. The molecule has 10 nitrogen and oxygen atoms in total. The molecule has 1 aliphatic heterocycles. The molecule has 10 heteroatoms. The number of nitrogens with one attached hydrogen (secondary N) is 3. The van der Waals surface area contributed by atoms with Crippen LogP contribution in [0.4, 0.5) is 11.6 Å². The lowest BCUT2D eigenvalue weighted by Gasteiger charge is -2.38. The van der Waals surface area contributed by atoms with Crippen LogP contribution in [0.15, 0.2) is 42.9 Å². The molecule has 0 unspecified atom stereocenters. The van der Waals surface area contributed by atoms with Crippen LogP contribution in [0, 0.1) is 5.41 Å². The smallest absolute Gasteiger partial charge is 0.219 e. The largest absolute Gasteiger partial charge is 0.388 e. The van der Waals surface area contributed by atoms with Crippen LogP contribution in [0.2, 0.25) is 0 Å². The maximum Gasteiger partial charge on any atom is 0.219 e. The SMILES string of the molecule is CC(=O)N1CC(OCCN/C=C(\C=N)c2cnc3ccc(Nc4cc(C(C)C)cnn4)nc3c2)C1. The molecular weight excluding hydrogens is 444 g/mol. The minimum atomic E-state index is 0.0805. The van der Waals surface area contributed by atoms with Gasteiger partial charge in [0.1, 0.15) is 5.82 Å². The van der Waals surface area contributed by atoms with E-state index in [0.29, 0.717) is 54.9 Å². The number of hydrogen-bond donors (Lipinski definition) is 3. The van der Waals surface area contributed by atoms with Crippen LogP contribution < -0.4 is 10.6 Å². The van der Waals surface area contributed by atoms with Gasteiger partial charge >= 0.3 is 0 Å². The number of rotatable bonds is 10. The van der Waals surface area contributed by atoms with Crippen molar-refractivity contribution in [1.82, 2.24) is 30.4 Å². The molecule has 4 rings (SSSR count). The fourth-order valence-electron chi connectivity index (χ4n) is 3.60. The maximum atomic E-state index is 11.2. The van der Waals surface area contributed by atoms with E-state index in [1.165, 1.54) is 6.21 Å². The number of carbonyl (C=O) groups excluding carboxylic acids is 1. The van der Waals surface area contributed by atoms with Gasteiger partial charge in [0, 0.05) is 56.3 Å². The van der Waals surface area contributed by atoms with Gasteiger partial charge in [0.15, 0.2) is 5.82 Å². The monoisotopic (exact) mass is 474 g/mol. The molecule has 35 heavy (non-hydrogen) atoms. The third kappa shape index (κ3) is 6.15. The minimum Gasteiger partial charge on any atom is -0.388 e. The van der Waals surface area contributed by atoms with Gasteiger partial charge in [0.25, 0.3) is 0 Å². The normalized spacial score (nSPS) is 14.2. The molecule has 0 aliphatic carbocycles. The van der Waals surface area contributed by atoms with E-state index in [0.717, 1.165) is 16.6 Å². The number of nitrogens with zero attached hydrogens (tertiary/aromatic N) is 5. The van der Waals surface area contributed by atoms with E-state index in [-0.39, 0.29) is 12.0 Å². The van der Waals surface area contributed by atoms with Crippen molar-refractivity contribution in [3.05, 3.63) is 54.0 Å². The highest BCUT2D eigenvalue weighted by atomic mass is 16.5. The molecule has 3 N–H and O–H groups in total. The second-order valence-corrected chi connectivity index (χ2v) is 8.73. The van der Waals surface area contributed by atoms with Gasteiger partial charge in [-0.2, -0.15) is 5.10 Å². The lowest BCUT2D eigenvalue weighted by Crippen LogP contribution is -2.54. The Kier molecular flexibility index (Phi) is 7.61. The molecule has 4 heterocycles. The van der Waals surface area contributed by atoms with Crippen molar-refractivity contribution in [1.29, 1.82) is 5.41 Å². The average molecular weight is 475 g/mol. The summed E-state index contributed by atoms with van der Waals surface area (Å²) < 4.78 is 5.74. The van der Waals surface area contributed by atoms with Crippen molar-refractivity contribution in [2.45, 2.75) is 32.8 Å². The number of pyridine rings is 2. The van der Waals surface area contributed by atoms with Crippen LogP contribution in [-0.4, -0.2) is 69.5 Å². The molecule has 0 aromatic carbocycles. The molecule has 3 aromatic heterocycles. The van der Waals surface area contributed by atoms with E-state index in [9.17, 15) is 4.79 Å². The van der Waals surface area contributed by atoms with Crippen molar-refractivity contribution in [3.63, 3.8) is 0 Å². The molecule has 1 fully saturated rings. The fourth-order valence-corrected chi connectivity index (χ4v) is 3.60. The standard InChI is InChI=1S/C25H30N8O2/c1-16(2)18-9-25(32-29-13-18)31-24-5-4-22-23(30-24)8-19(12-28-22)20(10-26)11-27-6-7-35-21-14-33(15-21)17(3)34/h4-5,8-13,16,21,26-27H,6-7,14-15H2,1-3H3,(H,30,31,32)/b20-11+,26-10?. The first-order valence-electron chi connectivity index (χ1n) is 11.6. The van der Waals surface area contributed by atoms with E-state index >= 15 is 0 Å². The van der Waals surface area contributed by atoms with Crippen LogP contribution in [0.3, 0.4) is 0 Å². The highest BCUT2D eigenvalue weighted by molar-refractivity contribution is 6.08. The highest BCUT2D eigenvalue weighted by Crippen LogP contribution is 2.21. The Balaban J connectivity index is 1.38. The average Bonchev–Trinajstić information content (AvgIpc) is 2.82. The number of aromatic nitrogens is 4. The Bertz CT molecular complexity index is 1240. The molecule has 1 saturated heterocycles. The number of hydrogen-bond acceptors (Lipinski definition) is 9. The van der Waals surface area contributed by atoms with Crippen molar-refractivity contribution in [2.24, 2.45) is 0 Å². The first-order chi connectivity index (χ1) is 16.9. The maximum absolute atomic E-state index is 11.2. The number of ether oxygens (including phenoxy) is 1. The Labute approximate surface area is 204 Å². The van der Waals surface area contributed by atoms with Gasteiger partial charge in [0.2, 0.25) is 5.91 Å². The number of fused-ring (bicyclic) bond motifs is 1. The van der Waals surface area contributed by atoms with E-state index in [4.69, 9.17) is 10.1 Å². The number of likely N-dealkylation sites (tertiary alicyclic amines) is 1. The summed E-state index contributed by atoms with van der Waals surface area (Å²) in [6, 6.07) is 7.62. The van der Waals surface area contributed by atoms with Gasteiger partial charge in [-0.1, -0.05) is 13.8 Å². The number of allylic oxidation sites excluding steroid dienone is 1. The molecule has 0 spiro atoms. The zero-order valence-electron chi connectivity index (χ0n) is 20.2. The molecule has 0 bridgehead atoms. The van der Waals surface area contributed by atoms with E-state index < -0.39 is 0 Å². The molecule has 0 saturated carbocycles. The quantitative estimate of drug-likeness (QED) is 0.302. The second-order valence-electron chi connectivity index (χ2n) is 8.73. The van der Waals surface area contributed by atoms with Gasteiger partial charge in [0.05, 0.1) is 29.9 Å². The number of anilines is 2. The molecule has 1 aliphatic rings. The summed E-state index contributed by atoms with van der Waals surface area (Å²) in [5.41, 5.74) is 4.02. The summed E-state index contributed by atoms with van der Waals surface area (Å²) >= 11 is 0. The Morgan fingerprint density at radius 3 is 2.80 bits per heavy atom. The zero-order chi connectivity index (χ0) is 24.8. The second kappa shape index (κ2) is 11.0. The first kappa shape index (κ1) is 24.2. The van der Waals surface area contributed by atoms with E-state index in [1.54, 1.807) is 30.4 Å². The molecular formula is C25H30N8O2. The highest BCUT2D eigenvalue weighted by Gasteiger charge is 2.28. The summed E-state index contributed by atoms with van der Waals surface area (Å²) in [7, 11) is 0. The van der Waals surface area contributed by atoms with Crippen LogP contribution >= 0.6 is 0 Å². The predicted octanol–water partition coefficient (Wildman–Crippen LogP) is 3.11. The number of amides is 1. The van der Waals surface area contributed by atoms with Crippen molar-refractivity contribution >= 4 is 40.4 Å². The van der Waals surface area contributed by atoms with E-state index in [2.05, 4.69) is 44.6 Å². The first-order valence-corrected chi connectivity index (χ1v) is 11.6. The Hall–Kier alpha value is -3.92. The third-order valence-corrected chi connectivity index (χ3v) is 5.78. The van der Waals surface area contributed by atoms with Crippen molar-refractivity contribution < 1.29 is 9.53 Å². The molecule has 3 aromatic rings. The molecule has 0 radical (unpaired) electrons. The Morgan fingerprint density at radius 2 is 2.06 bits per heavy atom. The van der Waals surface area contributed by atoms with Gasteiger partial charge in [-0.3, -0.25) is 9.78 Å². The van der Waals surface area contributed by atoms with Crippen molar-refractivity contribution in [3.8, 4) is 0 Å². The minimum absolute atomic E-state index is 0.0805. The lowest BCUT2D eigenvalue weighted by molar-refractivity contribution is -0.142. The van der Waals surface area contributed by atoms with Crippen LogP contribution in [0.25, 0.3) is 16.6 Å². The summed E-state index contributed by atoms with van der Waals surface area (Å²) in [6.07, 6.45) is 6.65. The third-order valence-electron chi connectivity index (χ3n) is 5.78. The molecule has 182 valence electrons. The summed E-state index contributed by atoms with van der Waals surface area (Å²) in [4.78, 5) is 22.1. The van der Waals surface area contributed by atoms with Crippen molar-refractivity contribution in [2.75, 3.05) is 31.6 Å². The van der Waals surface area contributed by atoms with Gasteiger partial charge in [-0.05, 0) is 35.7 Å². The predicted molar refractivity (Wildman–Crippen MR) is 136 cm³/mol. The topological polar surface area (TPSA) is 129 Å². The van der Waals surface area contributed by atoms with Crippen LogP contribution in [-0.2, 0) is 9.53 Å².